The molecule has 1 unspecified atom stereocenters. The van der Waals surface area contributed by atoms with E-state index in [0.717, 1.165) is 19.5 Å². The molecule has 0 spiro atoms. The zero-order valence-corrected chi connectivity index (χ0v) is 8.45. The summed E-state index contributed by atoms with van der Waals surface area (Å²) < 4.78 is 36.5. The fraction of sp³-hybridized carbons (Fsp3) is 0.714. The van der Waals surface area contributed by atoms with E-state index in [2.05, 4.69) is 20.8 Å². The monoisotopic (exact) mass is 238 g/mol. The Morgan fingerprint density at radius 2 is 2.20 bits per heavy atom. The molecular formula is C7H9F3N4S. The third kappa shape index (κ3) is 2.57. The molecule has 0 aliphatic carbocycles. The van der Waals surface area contributed by atoms with Crippen LogP contribution in [0.25, 0.3) is 0 Å². The third-order valence-electron chi connectivity index (χ3n) is 2.06. The zero-order chi connectivity index (χ0) is 10.9. The van der Waals surface area contributed by atoms with E-state index >= 15 is 0 Å². The minimum absolute atomic E-state index is 0.152. The summed E-state index contributed by atoms with van der Waals surface area (Å²) in [5.74, 6) is 0. The van der Waals surface area contributed by atoms with Gasteiger partial charge >= 0.3 is 6.18 Å². The summed E-state index contributed by atoms with van der Waals surface area (Å²) in [6.07, 6.45) is -3.51. The highest BCUT2D eigenvalue weighted by molar-refractivity contribution is 7.15. The van der Waals surface area contributed by atoms with Gasteiger partial charge in [-0.05, 0) is 13.0 Å². The lowest BCUT2D eigenvalue weighted by Crippen LogP contribution is -2.21. The molecule has 15 heavy (non-hydrogen) atoms. The van der Waals surface area contributed by atoms with Crippen molar-refractivity contribution in [2.45, 2.75) is 18.6 Å². The van der Waals surface area contributed by atoms with Crippen LogP contribution in [0.3, 0.4) is 0 Å². The Bertz CT molecular complexity index is 331. The van der Waals surface area contributed by atoms with Crippen LogP contribution >= 0.6 is 11.3 Å². The van der Waals surface area contributed by atoms with Gasteiger partial charge in [-0.1, -0.05) is 11.3 Å². The quantitative estimate of drug-likeness (QED) is 0.816. The van der Waals surface area contributed by atoms with Crippen molar-refractivity contribution in [2.75, 3.05) is 18.4 Å². The first kappa shape index (κ1) is 10.6. The lowest BCUT2D eigenvalue weighted by atomic mass is 10.3. The summed E-state index contributed by atoms with van der Waals surface area (Å²) in [5, 5.41) is 11.9. The summed E-state index contributed by atoms with van der Waals surface area (Å²) in [7, 11) is 0. The fourth-order valence-electron chi connectivity index (χ4n) is 1.35. The molecule has 1 saturated heterocycles. The van der Waals surface area contributed by atoms with Crippen molar-refractivity contribution in [3.05, 3.63) is 5.01 Å². The molecule has 0 aromatic carbocycles. The van der Waals surface area contributed by atoms with Crippen LogP contribution in [0, 0.1) is 0 Å². The van der Waals surface area contributed by atoms with Crippen LogP contribution in [0.4, 0.5) is 18.3 Å². The summed E-state index contributed by atoms with van der Waals surface area (Å²) in [5.41, 5.74) is 0. The molecule has 0 saturated carbocycles. The molecule has 1 aromatic rings. The van der Waals surface area contributed by atoms with E-state index in [9.17, 15) is 13.2 Å². The molecule has 1 aliphatic rings. The number of rotatable bonds is 2. The van der Waals surface area contributed by atoms with Crippen molar-refractivity contribution in [1.29, 1.82) is 0 Å². The van der Waals surface area contributed by atoms with Gasteiger partial charge in [0.1, 0.15) is 0 Å². The van der Waals surface area contributed by atoms with Gasteiger partial charge in [0, 0.05) is 12.6 Å². The Morgan fingerprint density at radius 3 is 2.73 bits per heavy atom. The molecule has 1 aliphatic heterocycles. The normalized spacial score (nSPS) is 21.9. The van der Waals surface area contributed by atoms with E-state index in [1.54, 1.807) is 0 Å². The average molecular weight is 238 g/mol. The largest absolute Gasteiger partial charge is 0.445 e. The van der Waals surface area contributed by atoms with E-state index < -0.39 is 11.2 Å². The van der Waals surface area contributed by atoms with Gasteiger partial charge in [-0.3, -0.25) is 0 Å². The van der Waals surface area contributed by atoms with Crippen LogP contribution in [0.2, 0.25) is 0 Å². The van der Waals surface area contributed by atoms with Crippen molar-refractivity contribution in [3.63, 3.8) is 0 Å². The number of anilines is 1. The SMILES string of the molecule is FC(F)(F)c1nnc(NC2CCNC2)s1. The minimum Gasteiger partial charge on any atom is -0.356 e. The number of nitrogens with one attached hydrogen (secondary N) is 2. The number of hydrogen-bond acceptors (Lipinski definition) is 5. The zero-order valence-electron chi connectivity index (χ0n) is 7.64. The van der Waals surface area contributed by atoms with E-state index in [-0.39, 0.29) is 11.2 Å². The predicted octanol–water partition coefficient (Wildman–Crippen LogP) is 1.33. The highest BCUT2D eigenvalue weighted by Gasteiger charge is 2.35. The summed E-state index contributed by atoms with van der Waals surface area (Å²) >= 11 is 0.541. The van der Waals surface area contributed by atoms with Gasteiger partial charge in [0.2, 0.25) is 10.1 Å². The first-order chi connectivity index (χ1) is 7.05. The van der Waals surface area contributed by atoms with Crippen LogP contribution in [-0.2, 0) is 6.18 Å². The Balaban J connectivity index is 2.00. The second kappa shape index (κ2) is 3.93. The second-order valence-electron chi connectivity index (χ2n) is 3.24. The predicted molar refractivity (Wildman–Crippen MR) is 49.8 cm³/mol. The van der Waals surface area contributed by atoms with Gasteiger partial charge in [-0.25, -0.2) is 0 Å². The summed E-state index contributed by atoms with van der Waals surface area (Å²) in [6, 6.07) is 0.152. The maximum Gasteiger partial charge on any atom is 0.445 e. The van der Waals surface area contributed by atoms with Crippen LogP contribution in [0.1, 0.15) is 11.4 Å². The molecule has 1 fully saturated rings. The summed E-state index contributed by atoms with van der Waals surface area (Å²) in [6.45, 7) is 1.63. The molecular weight excluding hydrogens is 229 g/mol. The van der Waals surface area contributed by atoms with Gasteiger partial charge < -0.3 is 10.6 Å². The van der Waals surface area contributed by atoms with Gasteiger partial charge in [-0.2, -0.15) is 13.2 Å². The standard InChI is InChI=1S/C7H9F3N4S/c8-7(9,10)5-13-14-6(15-5)12-4-1-2-11-3-4/h4,11H,1-3H2,(H,12,14). The maximum absolute atomic E-state index is 12.2. The second-order valence-corrected chi connectivity index (χ2v) is 4.22. The van der Waals surface area contributed by atoms with Crippen LogP contribution in [0.5, 0.6) is 0 Å². The van der Waals surface area contributed by atoms with Crippen LogP contribution in [-0.4, -0.2) is 29.3 Å². The lowest BCUT2D eigenvalue weighted by molar-refractivity contribution is -0.138. The van der Waals surface area contributed by atoms with E-state index in [1.165, 1.54) is 0 Å². The van der Waals surface area contributed by atoms with Crippen molar-refractivity contribution >= 4 is 16.5 Å². The van der Waals surface area contributed by atoms with Crippen LogP contribution < -0.4 is 10.6 Å². The molecule has 0 radical (unpaired) electrons. The topological polar surface area (TPSA) is 49.8 Å². The van der Waals surface area contributed by atoms with Gasteiger partial charge in [0.15, 0.2) is 0 Å². The molecule has 2 heterocycles. The summed E-state index contributed by atoms with van der Waals surface area (Å²) in [4.78, 5) is 0. The first-order valence-electron chi connectivity index (χ1n) is 4.43. The third-order valence-corrected chi connectivity index (χ3v) is 2.95. The molecule has 1 aromatic heterocycles. The number of aromatic nitrogens is 2. The average Bonchev–Trinajstić information content (AvgIpc) is 2.73. The molecule has 2 rings (SSSR count). The lowest BCUT2D eigenvalue weighted by Gasteiger charge is -2.07. The van der Waals surface area contributed by atoms with Crippen molar-refractivity contribution in [1.82, 2.24) is 15.5 Å². The van der Waals surface area contributed by atoms with Gasteiger partial charge in [0.05, 0.1) is 0 Å². The van der Waals surface area contributed by atoms with Crippen molar-refractivity contribution in [2.24, 2.45) is 0 Å². The highest BCUT2D eigenvalue weighted by atomic mass is 32.1. The smallest absolute Gasteiger partial charge is 0.356 e. The number of hydrogen-bond donors (Lipinski definition) is 2. The number of halogens is 3. The molecule has 8 heteroatoms. The molecule has 1 atom stereocenters. The van der Waals surface area contributed by atoms with Crippen molar-refractivity contribution in [3.8, 4) is 0 Å². The Kier molecular flexibility index (Phi) is 2.79. The molecule has 2 N–H and O–H groups in total. The van der Waals surface area contributed by atoms with Crippen LogP contribution in [0.15, 0.2) is 0 Å². The molecule has 0 bridgehead atoms. The van der Waals surface area contributed by atoms with Gasteiger partial charge in [-0.15, -0.1) is 10.2 Å². The van der Waals surface area contributed by atoms with Crippen molar-refractivity contribution < 1.29 is 13.2 Å². The minimum atomic E-state index is -4.40. The molecule has 4 nitrogen and oxygen atoms in total. The number of alkyl halides is 3. The molecule has 84 valence electrons. The van der Waals surface area contributed by atoms with E-state index in [4.69, 9.17) is 0 Å². The first-order valence-corrected chi connectivity index (χ1v) is 5.25. The highest BCUT2D eigenvalue weighted by Crippen LogP contribution is 2.33. The maximum atomic E-state index is 12.2. The Labute approximate surface area is 87.9 Å². The van der Waals surface area contributed by atoms with Gasteiger partial charge in [0.25, 0.3) is 0 Å². The number of nitrogens with zero attached hydrogens (tertiary/aromatic N) is 2. The van der Waals surface area contributed by atoms with E-state index in [0.29, 0.717) is 11.3 Å². The fourth-order valence-corrected chi connectivity index (χ4v) is 2.04. The Morgan fingerprint density at radius 1 is 1.40 bits per heavy atom. The van der Waals surface area contributed by atoms with E-state index in [1.807, 2.05) is 0 Å². The molecule has 0 amide bonds. The Hall–Kier alpha value is -0.890.